The van der Waals surface area contributed by atoms with Gasteiger partial charge in [-0.05, 0) is 53.6 Å². The molecule has 2 atom stereocenters. The van der Waals surface area contributed by atoms with Crippen LogP contribution in [0, 0.1) is 5.41 Å². The highest BCUT2D eigenvalue weighted by molar-refractivity contribution is 9.10. The molecular weight excluding hydrogens is 564 g/mol. The molecule has 2 aliphatic carbocycles. The zero-order chi connectivity index (χ0) is 24.7. The van der Waals surface area contributed by atoms with Gasteiger partial charge in [-0.25, -0.2) is 0 Å². The first kappa shape index (κ1) is 25.4. The van der Waals surface area contributed by atoms with E-state index in [4.69, 9.17) is 0 Å². The Morgan fingerprint density at radius 3 is 1.27 bits per heavy atom. The molecule has 2 aliphatic rings. The van der Waals surface area contributed by atoms with Crippen LogP contribution in [-0.4, -0.2) is 16.1 Å². The van der Waals surface area contributed by atoms with Crippen molar-refractivity contribution in [2.75, 3.05) is 0 Å². The molecule has 0 radical (unpaired) electrons. The average molecular weight is 603 g/mol. The third kappa shape index (κ3) is 4.28. The first-order valence-corrected chi connectivity index (χ1v) is 20.7. The fourth-order valence-electron chi connectivity index (χ4n) is 6.18. The predicted molar refractivity (Wildman–Crippen MR) is 161 cm³/mol. The summed E-state index contributed by atoms with van der Waals surface area (Å²) in [6.07, 6.45) is 4.87. The number of fused-ring (bicyclic) bond motifs is 2. The third-order valence-electron chi connectivity index (χ3n) is 7.82. The lowest BCUT2D eigenvalue weighted by atomic mass is 9.62. The Morgan fingerprint density at radius 2 is 0.970 bits per heavy atom. The maximum absolute atomic E-state index is 3.94. The normalized spacial score (nSPS) is 20.5. The van der Waals surface area contributed by atoms with Gasteiger partial charge in [0, 0.05) is 20.8 Å². The summed E-state index contributed by atoms with van der Waals surface area (Å²) in [5, 5.41) is 3.08. The Balaban J connectivity index is 1.89. The van der Waals surface area contributed by atoms with Gasteiger partial charge in [-0.2, -0.15) is 0 Å². The van der Waals surface area contributed by atoms with E-state index in [0.29, 0.717) is 11.8 Å². The number of halogens is 2. The van der Waals surface area contributed by atoms with Gasteiger partial charge >= 0.3 is 0 Å². The van der Waals surface area contributed by atoms with Crippen molar-refractivity contribution in [2.45, 2.75) is 78.8 Å². The molecule has 2 aromatic rings. The Labute approximate surface area is 220 Å². The van der Waals surface area contributed by atoms with Crippen LogP contribution in [0.15, 0.2) is 44.4 Å². The van der Waals surface area contributed by atoms with E-state index in [1.807, 2.05) is 0 Å². The quantitative estimate of drug-likeness (QED) is 0.307. The molecule has 0 N–H and O–H groups in total. The van der Waals surface area contributed by atoms with Crippen LogP contribution in [0.4, 0.5) is 0 Å². The molecule has 2 unspecified atom stereocenters. The molecule has 0 aromatic heterocycles. The highest BCUT2D eigenvalue weighted by Crippen LogP contribution is 2.59. The van der Waals surface area contributed by atoms with Crippen molar-refractivity contribution in [3.63, 3.8) is 0 Å². The summed E-state index contributed by atoms with van der Waals surface area (Å²) in [4.78, 5) is 0. The SMILES string of the molecule is CC1=Cc2c(Br)cc([Si](C)(C)C)cc2C1C(C)(C)C1C(C)=Cc2c(Br)cc([Si](C)(C)C)cc21. The lowest BCUT2D eigenvalue weighted by Gasteiger charge is -2.41. The Hall–Kier alpha value is -0.686. The second-order valence-electron chi connectivity index (χ2n) is 12.9. The Bertz CT molecular complexity index is 1110. The molecule has 33 heavy (non-hydrogen) atoms. The van der Waals surface area contributed by atoms with Crippen molar-refractivity contribution in [2.24, 2.45) is 5.41 Å². The number of benzene rings is 2. The summed E-state index contributed by atoms with van der Waals surface area (Å²) < 4.78 is 2.52. The fraction of sp³-hybridized carbons (Fsp3) is 0.448. The zero-order valence-corrected chi connectivity index (χ0v) is 27.0. The van der Waals surface area contributed by atoms with E-state index in [1.54, 1.807) is 10.4 Å². The molecule has 0 aliphatic heterocycles. The van der Waals surface area contributed by atoms with Gasteiger partial charge in [0.1, 0.15) is 0 Å². The minimum atomic E-state index is -1.42. The van der Waals surface area contributed by atoms with Gasteiger partial charge in [0.2, 0.25) is 0 Å². The summed E-state index contributed by atoms with van der Waals surface area (Å²) in [5.74, 6) is 0.822. The topological polar surface area (TPSA) is 0 Å². The van der Waals surface area contributed by atoms with Crippen LogP contribution in [0.3, 0.4) is 0 Å². The first-order valence-electron chi connectivity index (χ1n) is 12.1. The lowest BCUT2D eigenvalue weighted by molar-refractivity contribution is 0.275. The van der Waals surface area contributed by atoms with Gasteiger partial charge in [-0.1, -0.05) is 131 Å². The van der Waals surface area contributed by atoms with Crippen molar-refractivity contribution in [1.82, 2.24) is 0 Å². The standard InChI is InChI=1S/C29H38Br2Si2/c1-17-11-21-23(13-19(15-25(21)30)32(5,6)7)27(17)29(3,4)28-18(2)12-22-24(28)14-20(16-26(22)31)33(8,9)10/h11-16,27-28H,1-10H3. The van der Waals surface area contributed by atoms with E-state index in [-0.39, 0.29) is 5.41 Å². The van der Waals surface area contributed by atoms with E-state index in [1.165, 1.54) is 42.3 Å². The van der Waals surface area contributed by atoms with Crippen molar-refractivity contribution < 1.29 is 0 Å². The molecular formula is C29H38Br2Si2. The van der Waals surface area contributed by atoms with Gasteiger partial charge in [0.15, 0.2) is 0 Å². The largest absolute Gasteiger partial charge is 0.0776 e. The van der Waals surface area contributed by atoms with Crippen molar-refractivity contribution >= 4 is 70.5 Å². The summed E-state index contributed by atoms with van der Waals surface area (Å²) in [6.45, 7) is 24.4. The summed E-state index contributed by atoms with van der Waals surface area (Å²) in [6, 6.07) is 9.87. The molecule has 0 amide bonds. The maximum Gasteiger partial charge on any atom is 0.0776 e. The minimum Gasteiger partial charge on any atom is -0.0656 e. The predicted octanol–water partition coefficient (Wildman–Crippen LogP) is 9.03. The van der Waals surface area contributed by atoms with Gasteiger partial charge in [-0.3, -0.25) is 0 Å². The molecule has 2 aromatic carbocycles. The van der Waals surface area contributed by atoms with Crippen LogP contribution >= 0.6 is 31.9 Å². The number of hydrogen-bond acceptors (Lipinski definition) is 0. The molecule has 0 spiro atoms. The minimum absolute atomic E-state index is 0.0622. The highest BCUT2D eigenvalue weighted by Gasteiger charge is 2.46. The number of rotatable bonds is 4. The Kier molecular flexibility index (Phi) is 6.30. The molecule has 0 saturated heterocycles. The van der Waals surface area contributed by atoms with Gasteiger partial charge < -0.3 is 0 Å². The van der Waals surface area contributed by atoms with Crippen molar-refractivity contribution in [1.29, 1.82) is 0 Å². The monoisotopic (exact) mass is 600 g/mol. The molecule has 4 heteroatoms. The fourth-order valence-corrected chi connectivity index (χ4v) is 10.1. The lowest BCUT2D eigenvalue weighted by Crippen LogP contribution is -2.39. The summed E-state index contributed by atoms with van der Waals surface area (Å²) in [7, 11) is -2.85. The van der Waals surface area contributed by atoms with E-state index >= 15 is 0 Å². The van der Waals surface area contributed by atoms with Gasteiger partial charge in [-0.15, -0.1) is 0 Å². The summed E-state index contributed by atoms with van der Waals surface area (Å²) >= 11 is 7.88. The van der Waals surface area contributed by atoms with Crippen LogP contribution in [-0.2, 0) is 0 Å². The van der Waals surface area contributed by atoms with Gasteiger partial charge in [0.05, 0.1) is 16.1 Å². The van der Waals surface area contributed by atoms with Crippen molar-refractivity contribution in [3.8, 4) is 0 Å². The number of allylic oxidation sites excluding steroid dienone is 2. The van der Waals surface area contributed by atoms with Crippen LogP contribution in [0.5, 0.6) is 0 Å². The molecule has 0 saturated carbocycles. The third-order valence-corrected chi connectivity index (χ3v) is 13.2. The van der Waals surface area contributed by atoms with Crippen LogP contribution < -0.4 is 10.4 Å². The second-order valence-corrected chi connectivity index (χ2v) is 24.7. The highest BCUT2D eigenvalue weighted by atomic mass is 79.9. The van der Waals surface area contributed by atoms with Crippen LogP contribution in [0.25, 0.3) is 12.2 Å². The molecule has 0 fully saturated rings. The van der Waals surface area contributed by atoms with E-state index in [9.17, 15) is 0 Å². The smallest absolute Gasteiger partial charge is 0.0656 e. The summed E-state index contributed by atoms with van der Waals surface area (Å²) in [5.41, 5.74) is 8.87. The van der Waals surface area contributed by atoms with Crippen LogP contribution in [0.1, 0.15) is 61.8 Å². The second kappa shape index (κ2) is 8.18. The number of hydrogen-bond donors (Lipinski definition) is 0. The van der Waals surface area contributed by atoms with Crippen LogP contribution in [0.2, 0.25) is 39.3 Å². The molecule has 0 bridgehead atoms. The maximum atomic E-state index is 3.94. The molecule has 0 heterocycles. The molecule has 4 rings (SSSR count). The molecule has 176 valence electrons. The van der Waals surface area contributed by atoms with E-state index < -0.39 is 16.1 Å². The average Bonchev–Trinajstić information content (AvgIpc) is 3.17. The molecule has 0 nitrogen and oxygen atoms in total. The first-order chi connectivity index (χ1) is 15.0. The van der Waals surface area contributed by atoms with E-state index in [2.05, 4.69) is 135 Å². The Morgan fingerprint density at radius 1 is 0.636 bits per heavy atom. The van der Waals surface area contributed by atoms with E-state index in [0.717, 1.165) is 0 Å². The van der Waals surface area contributed by atoms with Crippen molar-refractivity contribution in [3.05, 3.63) is 66.6 Å². The van der Waals surface area contributed by atoms with Gasteiger partial charge in [0.25, 0.3) is 0 Å². The zero-order valence-electron chi connectivity index (χ0n) is 21.9.